The Morgan fingerprint density at radius 2 is 1.85 bits per heavy atom. The van der Waals surface area contributed by atoms with Crippen molar-refractivity contribution in [1.29, 1.82) is 0 Å². The second-order valence-corrected chi connectivity index (χ2v) is 5.90. The zero-order valence-electron chi connectivity index (χ0n) is 15.1. The number of hydrogen-bond acceptors (Lipinski definition) is 5. The summed E-state index contributed by atoms with van der Waals surface area (Å²) in [5.41, 5.74) is 4.81. The molecule has 0 unspecified atom stereocenters. The molecule has 7 nitrogen and oxygen atoms in total. The highest BCUT2D eigenvalue weighted by Gasteiger charge is 2.04. The molecule has 0 fully saturated rings. The molecule has 142 valence electrons. The molecule has 0 aromatic heterocycles. The number of nitrogens with zero attached hydrogens (tertiary/aromatic N) is 1. The first-order valence-corrected chi connectivity index (χ1v) is 8.55. The number of aromatic carboxylic acids is 1. The number of benzene rings is 2. The van der Waals surface area contributed by atoms with Gasteiger partial charge in [0.15, 0.2) is 16.6 Å². The van der Waals surface area contributed by atoms with Crippen LogP contribution in [0.2, 0.25) is 0 Å². The van der Waals surface area contributed by atoms with Gasteiger partial charge in [-0.25, -0.2) is 4.79 Å². The number of ether oxygens (including phenoxy) is 2. The number of hydrogen-bond donors (Lipinski definition) is 3. The van der Waals surface area contributed by atoms with Crippen molar-refractivity contribution >= 4 is 29.5 Å². The maximum absolute atomic E-state index is 10.8. The lowest BCUT2D eigenvalue weighted by atomic mass is 10.1. The number of carboxylic acid groups (broad SMARTS) is 1. The van der Waals surface area contributed by atoms with E-state index in [4.69, 9.17) is 26.8 Å². The van der Waals surface area contributed by atoms with Gasteiger partial charge in [-0.15, -0.1) is 0 Å². The molecular weight excluding hydrogens is 366 g/mol. The summed E-state index contributed by atoms with van der Waals surface area (Å²) in [5, 5.41) is 16.4. The molecule has 2 aromatic carbocycles. The van der Waals surface area contributed by atoms with Crippen LogP contribution in [0.15, 0.2) is 47.6 Å². The molecule has 0 heterocycles. The summed E-state index contributed by atoms with van der Waals surface area (Å²) in [7, 11) is 3.20. The summed E-state index contributed by atoms with van der Waals surface area (Å²) >= 11 is 5.17. The van der Waals surface area contributed by atoms with E-state index in [2.05, 4.69) is 15.8 Å². The Hall–Kier alpha value is -3.13. The molecule has 27 heavy (non-hydrogen) atoms. The van der Waals surface area contributed by atoms with Crippen LogP contribution in [0.1, 0.15) is 21.5 Å². The molecule has 2 rings (SSSR count). The number of thiocarbonyl (C=S) groups is 1. The summed E-state index contributed by atoms with van der Waals surface area (Å²) in [6.07, 6.45) is 2.32. The van der Waals surface area contributed by atoms with Crippen molar-refractivity contribution in [3.63, 3.8) is 0 Å². The average Bonchev–Trinajstić information content (AvgIpc) is 2.68. The van der Waals surface area contributed by atoms with E-state index in [0.29, 0.717) is 23.2 Å². The smallest absolute Gasteiger partial charge is 0.335 e. The van der Waals surface area contributed by atoms with Crippen molar-refractivity contribution in [2.24, 2.45) is 5.10 Å². The Kier molecular flexibility index (Phi) is 7.57. The zero-order valence-corrected chi connectivity index (χ0v) is 15.9. The highest BCUT2D eigenvalue weighted by molar-refractivity contribution is 7.80. The number of methoxy groups -OCH3 is 2. The van der Waals surface area contributed by atoms with Crippen LogP contribution in [0.4, 0.5) is 0 Å². The third-order valence-corrected chi connectivity index (χ3v) is 3.92. The summed E-state index contributed by atoms with van der Waals surface area (Å²) in [6.45, 7) is 0.629. The van der Waals surface area contributed by atoms with Crippen molar-refractivity contribution in [3.8, 4) is 11.5 Å². The Labute approximate surface area is 163 Å². The van der Waals surface area contributed by atoms with E-state index in [1.54, 1.807) is 32.6 Å². The third-order valence-electron chi connectivity index (χ3n) is 3.68. The number of carbonyl (C=O) groups is 1. The van der Waals surface area contributed by atoms with Gasteiger partial charge in [0, 0.05) is 6.54 Å². The Balaban J connectivity index is 1.77. The Bertz CT molecular complexity index is 822. The van der Waals surface area contributed by atoms with Gasteiger partial charge in [-0.05, 0) is 54.0 Å². The molecule has 0 aliphatic heterocycles. The number of hydrazone groups is 1. The van der Waals surface area contributed by atoms with Crippen molar-refractivity contribution in [1.82, 2.24) is 10.7 Å². The van der Waals surface area contributed by atoms with Crippen molar-refractivity contribution < 1.29 is 19.4 Å². The lowest BCUT2D eigenvalue weighted by Crippen LogP contribution is -2.33. The van der Waals surface area contributed by atoms with Gasteiger partial charge in [-0.3, -0.25) is 5.43 Å². The van der Waals surface area contributed by atoms with Crippen molar-refractivity contribution in [2.75, 3.05) is 20.8 Å². The molecule has 0 saturated carbocycles. The Morgan fingerprint density at radius 1 is 1.15 bits per heavy atom. The van der Waals surface area contributed by atoms with E-state index in [1.165, 1.54) is 12.1 Å². The minimum absolute atomic E-state index is 0.229. The SMILES string of the molecule is COc1ccc(CCNC(=S)N/N=C/c2ccc(C(=O)O)cc2)cc1OC. The third kappa shape index (κ3) is 6.27. The van der Waals surface area contributed by atoms with Crippen LogP contribution < -0.4 is 20.2 Å². The van der Waals surface area contributed by atoms with E-state index in [0.717, 1.165) is 17.5 Å². The highest BCUT2D eigenvalue weighted by atomic mass is 32.1. The fraction of sp³-hybridized carbons (Fsp3) is 0.211. The molecule has 0 saturated heterocycles. The van der Waals surface area contributed by atoms with Crippen molar-refractivity contribution in [3.05, 3.63) is 59.2 Å². The summed E-state index contributed by atoms with van der Waals surface area (Å²) in [5.74, 6) is 0.419. The quantitative estimate of drug-likeness (QED) is 0.364. The van der Waals surface area contributed by atoms with Crippen LogP contribution in [0.5, 0.6) is 11.5 Å². The lowest BCUT2D eigenvalue weighted by Gasteiger charge is -2.10. The highest BCUT2D eigenvalue weighted by Crippen LogP contribution is 2.27. The minimum atomic E-state index is -0.962. The first-order chi connectivity index (χ1) is 13.0. The lowest BCUT2D eigenvalue weighted by molar-refractivity contribution is 0.0697. The van der Waals surface area contributed by atoms with Crippen LogP contribution in [-0.4, -0.2) is 43.2 Å². The fourth-order valence-electron chi connectivity index (χ4n) is 2.27. The fourth-order valence-corrected chi connectivity index (χ4v) is 2.43. The monoisotopic (exact) mass is 387 g/mol. The largest absolute Gasteiger partial charge is 0.493 e. The molecule has 3 N–H and O–H groups in total. The maximum Gasteiger partial charge on any atom is 0.335 e. The summed E-state index contributed by atoms with van der Waals surface area (Å²) in [6, 6.07) is 12.1. The van der Waals surface area contributed by atoms with Gasteiger partial charge in [0.25, 0.3) is 0 Å². The van der Waals surface area contributed by atoms with E-state index >= 15 is 0 Å². The first kappa shape index (κ1) is 20.2. The minimum Gasteiger partial charge on any atom is -0.493 e. The molecular formula is C19H21N3O4S. The molecule has 0 radical (unpaired) electrons. The molecule has 0 aliphatic rings. The first-order valence-electron chi connectivity index (χ1n) is 8.14. The number of nitrogens with one attached hydrogen (secondary N) is 2. The van der Waals surface area contributed by atoms with Gasteiger partial charge in [0.1, 0.15) is 0 Å². The van der Waals surface area contributed by atoms with Gasteiger partial charge in [-0.1, -0.05) is 18.2 Å². The molecule has 0 spiro atoms. The molecule has 0 aliphatic carbocycles. The van der Waals surface area contributed by atoms with Crippen LogP contribution in [0.3, 0.4) is 0 Å². The molecule has 0 bridgehead atoms. The van der Waals surface area contributed by atoms with Crippen LogP contribution >= 0.6 is 12.2 Å². The molecule has 0 amide bonds. The van der Waals surface area contributed by atoms with Gasteiger partial charge < -0.3 is 19.9 Å². The van der Waals surface area contributed by atoms with E-state index in [1.807, 2.05) is 18.2 Å². The second kappa shape index (κ2) is 10.1. The van der Waals surface area contributed by atoms with E-state index < -0.39 is 5.97 Å². The average molecular weight is 387 g/mol. The summed E-state index contributed by atoms with van der Waals surface area (Å²) in [4.78, 5) is 10.8. The molecule has 0 atom stereocenters. The van der Waals surface area contributed by atoms with Gasteiger partial charge >= 0.3 is 5.97 Å². The van der Waals surface area contributed by atoms with E-state index in [9.17, 15) is 4.79 Å². The topological polar surface area (TPSA) is 92.2 Å². The predicted octanol–water partition coefficient (Wildman–Crippen LogP) is 2.44. The second-order valence-electron chi connectivity index (χ2n) is 5.49. The summed E-state index contributed by atoms with van der Waals surface area (Å²) < 4.78 is 10.5. The van der Waals surface area contributed by atoms with Crippen molar-refractivity contribution in [2.45, 2.75) is 6.42 Å². The van der Waals surface area contributed by atoms with E-state index in [-0.39, 0.29) is 5.56 Å². The number of carboxylic acids is 1. The van der Waals surface area contributed by atoms with Gasteiger partial charge in [-0.2, -0.15) is 5.10 Å². The van der Waals surface area contributed by atoms with Gasteiger partial charge in [0.2, 0.25) is 0 Å². The van der Waals surface area contributed by atoms with Crippen LogP contribution in [0.25, 0.3) is 0 Å². The molecule has 2 aromatic rings. The zero-order chi connectivity index (χ0) is 19.6. The normalized spacial score (nSPS) is 10.4. The maximum atomic E-state index is 10.8. The predicted molar refractivity (Wildman–Crippen MR) is 108 cm³/mol. The molecule has 8 heteroatoms. The van der Waals surface area contributed by atoms with Gasteiger partial charge in [0.05, 0.1) is 26.0 Å². The Morgan fingerprint density at radius 3 is 2.48 bits per heavy atom. The van der Waals surface area contributed by atoms with Crippen LogP contribution in [-0.2, 0) is 6.42 Å². The standard InChI is InChI=1S/C19H21N3O4S/c1-25-16-8-5-13(11-17(16)26-2)9-10-20-19(27)22-21-12-14-3-6-15(7-4-14)18(23)24/h3-8,11-12H,9-10H2,1-2H3,(H,23,24)(H2,20,22,27)/b21-12+. The van der Waals surface area contributed by atoms with Crippen LogP contribution in [0, 0.1) is 0 Å². The number of rotatable bonds is 8.